The fourth-order valence-corrected chi connectivity index (χ4v) is 7.87. The van der Waals surface area contributed by atoms with Crippen molar-refractivity contribution in [3.8, 4) is 11.1 Å². The summed E-state index contributed by atoms with van der Waals surface area (Å²) in [7, 11) is 1.72. The molecule has 1 saturated carbocycles. The predicted octanol–water partition coefficient (Wildman–Crippen LogP) is 9.01. The lowest BCUT2D eigenvalue weighted by molar-refractivity contribution is -0.139. The van der Waals surface area contributed by atoms with Gasteiger partial charge in [-0.3, -0.25) is 4.79 Å². The third kappa shape index (κ3) is 8.78. The van der Waals surface area contributed by atoms with Gasteiger partial charge in [0.05, 0.1) is 17.6 Å². The molecule has 2 aromatic heterocycles. The van der Waals surface area contributed by atoms with E-state index in [1.807, 2.05) is 71.9 Å². The lowest BCUT2D eigenvalue weighted by atomic mass is 9.79. The number of piperidine rings is 1. The number of benzene rings is 3. The number of ether oxygens (including phenoxy) is 3. The molecule has 11 heteroatoms. The second-order valence-electron chi connectivity index (χ2n) is 17.3. The van der Waals surface area contributed by atoms with Crippen LogP contribution in [-0.4, -0.2) is 86.3 Å². The fourth-order valence-electron chi connectivity index (χ4n) is 7.87. The van der Waals surface area contributed by atoms with Gasteiger partial charge >= 0.3 is 12.2 Å². The van der Waals surface area contributed by atoms with Crippen LogP contribution in [0.15, 0.2) is 79.1 Å². The first-order valence-electron chi connectivity index (χ1n) is 19.8. The lowest BCUT2D eigenvalue weighted by Crippen LogP contribution is -2.51. The number of fused-ring (bicyclic) bond motifs is 2. The van der Waals surface area contributed by atoms with Gasteiger partial charge in [-0.1, -0.05) is 54.6 Å². The Morgan fingerprint density at radius 2 is 1.57 bits per heavy atom. The van der Waals surface area contributed by atoms with Gasteiger partial charge in [0.2, 0.25) is 5.91 Å². The van der Waals surface area contributed by atoms with Crippen molar-refractivity contribution in [1.29, 1.82) is 0 Å². The van der Waals surface area contributed by atoms with Gasteiger partial charge < -0.3 is 28.6 Å². The van der Waals surface area contributed by atoms with Crippen molar-refractivity contribution < 1.29 is 28.6 Å². The Hall–Kier alpha value is -5.16. The topological polar surface area (TPSA) is 108 Å². The number of hydrogen-bond donors (Lipinski definition) is 0. The van der Waals surface area contributed by atoms with Crippen LogP contribution < -0.4 is 0 Å². The zero-order valence-electron chi connectivity index (χ0n) is 33.8. The lowest BCUT2D eigenvalue weighted by Gasteiger charge is -2.40. The Morgan fingerprint density at radius 1 is 0.839 bits per heavy atom. The molecule has 1 aliphatic carbocycles. The molecular weight excluding hydrogens is 707 g/mol. The molecule has 0 spiro atoms. The predicted molar refractivity (Wildman–Crippen MR) is 217 cm³/mol. The number of carbonyl (C=O) groups is 3. The molecule has 3 aromatic carbocycles. The van der Waals surface area contributed by atoms with Crippen LogP contribution in [-0.2, 0) is 32.1 Å². The number of rotatable bonds is 10. The SMILES string of the molecule is COCCCn1cc(CN(C(=O)[C@H]2CN(C(=O)OC(C)(C)C)CC[C@@H]2c2cccc(-c3ccc4cnn(C(=O)OC(C)(C)C)c4c3)c2)C2CC2)c2ccccc21. The summed E-state index contributed by atoms with van der Waals surface area (Å²) < 4.78 is 20.4. The largest absolute Gasteiger partial charge is 0.444 e. The molecule has 56 heavy (non-hydrogen) atoms. The highest BCUT2D eigenvalue weighted by molar-refractivity contribution is 5.91. The molecule has 0 bridgehead atoms. The van der Waals surface area contributed by atoms with Crippen LogP contribution in [0, 0.1) is 5.92 Å². The Kier molecular flexibility index (Phi) is 11.0. The van der Waals surface area contributed by atoms with E-state index in [1.54, 1.807) is 18.2 Å². The molecule has 1 aliphatic heterocycles. The zero-order chi connectivity index (χ0) is 39.8. The van der Waals surface area contributed by atoms with Crippen molar-refractivity contribution in [2.45, 2.75) is 103 Å². The van der Waals surface area contributed by atoms with E-state index in [-0.39, 0.29) is 24.4 Å². The highest BCUT2D eigenvalue weighted by Crippen LogP contribution is 2.40. The van der Waals surface area contributed by atoms with Gasteiger partial charge in [0.1, 0.15) is 11.2 Å². The molecule has 296 valence electrons. The number of carbonyl (C=O) groups excluding carboxylic acids is 3. The Labute approximate surface area is 329 Å². The van der Waals surface area contributed by atoms with E-state index in [0.29, 0.717) is 31.6 Å². The molecule has 2 amide bonds. The number of methoxy groups -OCH3 is 1. The summed E-state index contributed by atoms with van der Waals surface area (Å²) in [5.41, 5.74) is 4.53. The number of aromatic nitrogens is 3. The Balaban J connectivity index is 1.21. The molecule has 7 rings (SSSR count). The summed E-state index contributed by atoms with van der Waals surface area (Å²) in [6.07, 6.45) is 6.36. The van der Waals surface area contributed by atoms with Crippen molar-refractivity contribution in [3.05, 3.63) is 90.3 Å². The monoisotopic (exact) mass is 761 g/mol. The summed E-state index contributed by atoms with van der Waals surface area (Å²) in [5, 5.41) is 6.31. The number of hydrogen-bond acceptors (Lipinski definition) is 7. The van der Waals surface area contributed by atoms with Crippen molar-refractivity contribution >= 4 is 39.9 Å². The van der Waals surface area contributed by atoms with Crippen molar-refractivity contribution in [2.24, 2.45) is 5.92 Å². The second-order valence-corrected chi connectivity index (χ2v) is 17.3. The fraction of sp³-hybridized carbons (Fsp3) is 0.467. The average molecular weight is 762 g/mol. The van der Waals surface area contributed by atoms with Crippen LogP contribution in [0.1, 0.15) is 84.3 Å². The molecule has 0 unspecified atom stereocenters. The minimum Gasteiger partial charge on any atom is -0.444 e. The molecule has 1 saturated heterocycles. The molecule has 2 fully saturated rings. The van der Waals surface area contributed by atoms with E-state index >= 15 is 4.79 Å². The van der Waals surface area contributed by atoms with E-state index in [2.05, 4.69) is 57.2 Å². The summed E-state index contributed by atoms with van der Waals surface area (Å²) in [6.45, 7) is 13.8. The Bertz CT molecular complexity index is 2220. The number of likely N-dealkylation sites (tertiary alicyclic amines) is 1. The molecule has 0 N–H and O–H groups in total. The normalized spacial score (nSPS) is 17.7. The van der Waals surface area contributed by atoms with Crippen LogP contribution in [0.25, 0.3) is 32.9 Å². The number of nitrogens with zero attached hydrogens (tertiary/aromatic N) is 5. The van der Waals surface area contributed by atoms with E-state index in [0.717, 1.165) is 64.4 Å². The second kappa shape index (κ2) is 15.8. The van der Waals surface area contributed by atoms with Gasteiger partial charge in [0.25, 0.3) is 0 Å². The van der Waals surface area contributed by atoms with Gasteiger partial charge in [-0.05, 0) is 108 Å². The summed E-state index contributed by atoms with van der Waals surface area (Å²) in [5.74, 6) is -0.540. The van der Waals surface area contributed by atoms with E-state index in [9.17, 15) is 9.59 Å². The quantitative estimate of drug-likeness (QED) is 0.131. The van der Waals surface area contributed by atoms with Gasteiger partial charge in [-0.2, -0.15) is 9.78 Å². The first-order valence-corrected chi connectivity index (χ1v) is 19.8. The third-order valence-corrected chi connectivity index (χ3v) is 10.6. The van der Waals surface area contributed by atoms with Gasteiger partial charge in [0, 0.05) is 68.4 Å². The van der Waals surface area contributed by atoms with E-state index < -0.39 is 29.3 Å². The van der Waals surface area contributed by atoms with Crippen LogP contribution in [0.3, 0.4) is 0 Å². The maximum absolute atomic E-state index is 15.1. The number of amides is 2. The maximum atomic E-state index is 15.1. The summed E-state index contributed by atoms with van der Waals surface area (Å²) in [4.78, 5) is 45.4. The molecule has 2 atom stereocenters. The molecule has 3 heterocycles. The molecular formula is C45H55N5O6. The molecule has 5 aromatic rings. The van der Waals surface area contributed by atoms with E-state index in [1.165, 1.54) is 4.68 Å². The zero-order valence-corrected chi connectivity index (χ0v) is 33.8. The first-order chi connectivity index (χ1) is 26.7. The number of aryl methyl sites for hydroxylation is 1. The first kappa shape index (κ1) is 39.1. The van der Waals surface area contributed by atoms with Crippen molar-refractivity contribution in [3.63, 3.8) is 0 Å². The van der Waals surface area contributed by atoms with E-state index in [4.69, 9.17) is 14.2 Å². The molecule has 2 aliphatic rings. The average Bonchev–Trinajstić information content (AvgIpc) is 3.81. The van der Waals surface area contributed by atoms with Gasteiger partial charge in [-0.15, -0.1) is 0 Å². The highest BCUT2D eigenvalue weighted by atomic mass is 16.6. The van der Waals surface area contributed by atoms with Crippen molar-refractivity contribution in [2.75, 3.05) is 26.8 Å². The standard InChI is InChI=1S/C45H55N5O6/c1-44(2,3)55-42(52)48-22-20-36(32-13-10-12-30(24-32)31-16-17-33-26-46-50(40(33)25-31)43(53)56-45(4,5)6)38(29-48)41(51)49(35-18-19-35)28-34-27-47(21-11-23-54-7)39-15-9-8-14-37(34)39/h8-10,12-17,24-27,35-36,38H,11,18-23,28-29H2,1-7H3/t36-,38+/m1/s1. The van der Waals surface area contributed by atoms with Gasteiger partial charge in [-0.25, -0.2) is 9.59 Å². The smallest absolute Gasteiger partial charge is 0.435 e. The molecule has 0 radical (unpaired) electrons. The van der Waals surface area contributed by atoms with Gasteiger partial charge in [0.15, 0.2) is 0 Å². The molecule has 11 nitrogen and oxygen atoms in total. The van der Waals surface area contributed by atoms with Crippen LogP contribution in [0.2, 0.25) is 0 Å². The summed E-state index contributed by atoms with van der Waals surface area (Å²) in [6, 6.07) is 22.8. The summed E-state index contributed by atoms with van der Waals surface area (Å²) >= 11 is 0. The number of para-hydroxylation sites is 1. The van der Waals surface area contributed by atoms with Crippen LogP contribution >= 0.6 is 0 Å². The minimum atomic E-state index is -0.660. The van der Waals surface area contributed by atoms with Crippen LogP contribution in [0.5, 0.6) is 0 Å². The third-order valence-electron chi connectivity index (χ3n) is 10.6. The minimum absolute atomic E-state index is 0.0649. The Morgan fingerprint density at radius 3 is 2.30 bits per heavy atom. The van der Waals surface area contributed by atoms with Crippen LogP contribution in [0.4, 0.5) is 9.59 Å². The van der Waals surface area contributed by atoms with Crippen molar-refractivity contribution in [1.82, 2.24) is 24.1 Å². The maximum Gasteiger partial charge on any atom is 0.435 e. The highest BCUT2D eigenvalue weighted by Gasteiger charge is 2.43.